The van der Waals surface area contributed by atoms with Crippen molar-refractivity contribution < 1.29 is 18.4 Å². The molecule has 0 atom stereocenters. The maximum Gasteiger partial charge on any atom is 0.258 e. The van der Waals surface area contributed by atoms with Gasteiger partial charge in [0.05, 0.1) is 6.54 Å². The van der Waals surface area contributed by atoms with Gasteiger partial charge >= 0.3 is 0 Å². The van der Waals surface area contributed by atoms with Gasteiger partial charge in [0.25, 0.3) is 5.91 Å². The average Bonchev–Trinajstić information content (AvgIpc) is 3.14. The SMILES string of the molecule is CCc1nc(OCC(=O)NCc2ccc(C)o2)c2c(C)c(C)oc2n1. The highest BCUT2D eigenvalue weighted by Crippen LogP contribution is 2.30. The van der Waals surface area contributed by atoms with Crippen molar-refractivity contribution in [1.29, 1.82) is 0 Å². The van der Waals surface area contributed by atoms with Crippen molar-refractivity contribution in [2.45, 2.75) is 40.7 Å². The first-order valence-electron chi connectivity index (χ1n) is 8.19. The second-order valence-electron chi connectivity index (χ2n) is 5.84. The number of fused-ring (bicyclic) bond motifs is 1. The highest BCUT2D eigenvalue weighted by Gasteiger charge is 2.17. The van der Waals surface area contributed by atoms with Crippen LogP contribution in [0.4, 0.5) is 0 Å². The van der Waals surface area contributed by atoms with Gasteiger partial charge in [0, 0.05) is 12.0 Å². The van der Waals surface area contributed by atoms with E-state index in [1.807, 2.05) is 39.8 Å². The zero-order chi connectivity index (χ0) is 18.0. The number of amides is 1. The normalized spacial score (nSPS) is 11.0. The van der Waals surface area contributed by atoms with Gasteiger partial charge in [0.15, 0.2) is 6.61 Å². The molecule has 25 heavy (non-hydrogen) atoms. The van der Waals surface area contributed by atoms with E-state index in [1.54, 1.807) is 0 Å². The Morgan fingerprint density at radius 2 is 2.00 bits per heavy atom. The highest BCUT2D eigenvalue weighted by atomic mass is 16.5. The summed E-state index contributed by atoms with van der Waals surface area (Å²) in [5.41, 5.74) is 1.41. The summed E-state index contributed by atoms with van der Waals surface area (Å²) in [5, 5.41) is 3.47. The van der Waals surface area contributed by atoms with Crippen LogP contribution in [-0.4, -0.2) is 22.5 Å². The Labute approximate surface area is 145 Å². The van der Waals surface area contributed by atoms with E-state index in [4.69, 9.17) is 13.6 Å². The van der Waals surface area contributed by atoms with Crippen LogP contribution >= 0.6 is 0 Å². The first-order chi connectivity index (χ1) is 12.0. The van der Waals surface area contributed by atoms with E-state index in [2.05, 4.69) is 15.3 Å². The molecule has 0 aliphatic heterocycles. The molecule has 1 N–H and O–H groups in total. The molecule has 0 aliphatic rings. The number of furan rings is 2. The van der Waals surface area contributed by atoms with E-state index in [0.717, 1.165) is 17.1 Å². The first-order valence-corrected chi connectivity index (χ1v) is 8.19. The molecule has 3 aromatic rings. The standard InChI is InChI=1S/C18H21N3O4/c1-5-14-20-17(16-11(3)12(4)25-18(16)21-14)23-9-15(22)19-8-13-7-6-10(2)24-13/h6-7H,5,8-9H2,1-4H3,(H,19,22). The summed E-state index contributed by atoms with van der Waals surface area (Å²) < 4.78 is 16.7. The van der Waals surface area contributed by atoms with Gasteiger partial charge in [-0.1, -0.05) is 6.92 Å². The van der Waals surface area contributed by atoms with Crippen molar-refractivity contribution in [2.75, 3.05) is 6.61 Å². The summed E-state index contributed by atoms with van der Waals surface area (Å²) in [4.78, 5) is 20.8. The minimum atomic E-state index is -0.253. The van der Waals surface area contributed by atoms with Crippen molar-refractivity contribution in [3.05, 3.63) is 40.8 Å². The van der Waals surface area contributed by atoms with Gasteiger partial charge < -0.3 is 18.9 Å². The molecule has 0 bridgehead atoms. The molecule has 0 saturated heterocycles. The monoisotopic (exact) mass is 343 g/mol. The molecule has 0 radical (unpaired) electrons. The fourth-order valence-electron chi connectivity index (χ4n) is 2.47. The third-order valence-electron chi connectivity index (χ3n) is 3.95. The van der Waals surface area contributed by atoms with Crippen LogP contribution in [0.1, 0.15) is 35.6 Å². The lowest BCUT2D eigenvalue weighted by Crippen LogP contribution is -2.28. The maximum absolute atomic E-state index is 12.0. The molecule has 3 aromatic heterocycles. The van der Waals surface area contributed by atoms with Crippen molar-refractivity contribution in [3.8, 4) is 5.88 Å². The summed E-state index contributed by atoms with van der Waals surface area (Å²) in [7, 11) is 0. The minimum Gasteiger partial charge on any atom is -0.467 e. The van der Waals surface area contributed by atoms with E-state index in [1.165, 1.54) is 0 Å². The molecule has 7 nitrogen and oxygen atoms in total. The van der Waals surface area contributed by atoms with Crippen LogP contribution in [0.2, 0.25) is 0 Å². The van der Waals surface area contributed by atoms with E-state index in [9.17, 15) is 4.79 Å². The Morgan fingerprint density at radius 3 is 2.68 bits per heavy atom. The number of nitrogens with zero attached hydrogens (tertiary/aromatic N) is 2. The van der Waals surface area contributed by atoms with Gasteiger partial charge in [-0.15, -0.1) is 0 Å². The summed E-state index contributed by atoms with van der Waals surface area (Å²) in [6, 6.07) is 3.68. The third kappa shape index (κ3) is 3.65. The zero-order valence-corrected chi connectivity index (χ0v) is 14.8. The Kier molecular flexibility index (Phi) is 4.74. The van der Waals surface area contributed by atoms with Crippen molar-refractivity contribution >= 4 is 17.0 Å². The molecule has 0 aromatic carbocycles. The van der Waals surface area contributed by atoms with Crippen molar-refractivity contribution in [3.63, 3.8) is 0 Å². The van der Waals surface area contributed by atoms with Crippen LogP contribution in [-0.2, 0) is 17.8 Å². The lowest BCUT2D eigenvalue weighted by molar-refractivity contribution is -0.123. The molecular weight excluding hydrogens is 322 g/mol. The fourth-order valence-corrected chi connectivity index (χ4v) is 2.47. The number of nitrogens with one attached hydrogen (secondary N) is 1. The molecule has 1 amide bonds. The van der Waals surface area contributed by atoms with Crippen LogP contribution in [0, 0.1) is 20.8 Å². The summed E-state index contributed by atoms with van der Waals surface area (Å²) in [6.07, 6.45) is 0.648. The Balaban J connectivity index is 1.70. The van der Waals surface area contributed by atoms with E-state index >= 15 is 0 Å². The first kappa shape index (κ1) is 17.0. The van der Waals surface area contributed by atoms with Crippen molar-refractivity contribution in [1.82, 2.24) is 15.3 Å². The molecule has 0 unspecified atom stereocenters. The van der Waals surface area contributed by atoms with Gasteiger partial charge in [-0.25, -0.2) is 0 Å². The van der Waals surface area contributed by atoms with Crippen LogP contribution < -0.4 is 10.1 Å². The third-order valence-corrected chi connectivity index (χ3v) is 3.95. The van der Waals surface area contributed by atoms with Crippen LogP contribution in [0.3, 0.4) is 0 Å². The number of aromatic nitrogens is 2. The van der Waals surface area contributed by atoms with Crippen LogP contribution in [0.25, 0.3) is 11.1 Å². The Bertz CT molecular complexity index is 911. The van der Waals surface area contributed by atoms with E-state index < -0.39 is 0 Å². The van der Waals surface area contributed by atoms with Gasteiger partial charge in [0.1, 0.15) is 28.5 Å². The number of carbonyl (C=O) groups is 1. The van der Waals surface area contributed by atoms with Gasteiger partial charge in [-0.05, 0) is 32.9 Å². The average molecular weight is 343 g/mol. The van der Waals surface area contributed by atoms with Crippen molar-refractivity contribution in [2.24, 2.45) is 0 Å². The van der Waals surface area contributed by atoms with Crippen LogP contribution in [0.15, 0.2) is 21.0 Å². The Morgan fingerprint density at radius 1 is 1.20 bits per heavy atom. The summed E-state index contributed by atoms with van der Waals surface area (Å²) in [6.45, 7) is 7.77. The highest BCUT2D eigenvalue weighted by molar-refractivity contribution is 5.84. The number of carbonyl (C=O) groups excluding carboxylic acids is 1. The molecule has 0 spiro atoms. The number of ether oxygens (including phenoxy) is 1. The topological polar surface area (TPSA) is 90.4 Å². The Hall–Kier alpha value is -2.83. The summed E-state index contributed by atoms with van der Waals surface area (Å²) in [5.74, 6) is 3.01. The minimum absolute atomic E-state index is 0.140. The van der Waals surface area contributed by atoms with Crippen LogP contribution in [0.5, 0.6) is 5.88 Å². The van der Waals surface area contributed by atoms with E-state index in [-0.39, 0.29) is 12.5 Å². The lowest BCUT2D eigenvalue weighted by atomic mass is 10.2. The quantitative estimate of drug-likeness (QED) is 0.740. The number of hydrogen-bond acceptors (Lipinski definition) is 6. The van der Waals surface area contributed by atoms with Gasteiger partial charge in [0.2, 0.25) is 11.6 Å². The zero-order valence-electron chi connectivity index (χ0n) is 14.8. The fraction of sp³-hybridized carbons (Fsp3) is 0.389. The predicted molar refractivity (Wildman–Crippen MR) is 91.4 cm³/mol. The van der Waals surface area contributed by atoms with E-state index in [0.29, 0.717) is 41.5 Å². The van der Waals surface area contributed by atoms with Gasteiger partial charge in [-0.2, -0.15) is 9.97 Å². The summed E-state index contributed by atoms with van der Waals surface area (Å²) >= 11 is 0. The lowest BCUT2D eigenvalue weighted by Gasteiger charge is -2.08. The number of rotatable bonds is 6. The maximum atomic E-state index is 12.0. The predicted octanol–water partition coefficient (Wildman–Crippen LogP) is 3.00. The molecule has 0 aliphatic carbocycles. The molecule has 3 heterocycles. The molecule has 7 heteroatoms. The number of hydrogen-bond donors (Lipinski definition) is 1. The second kappa shape index (κ2) is 6.96. The largest absolute Gasteiger partial charge is 0.467 e. The molecule has 0 fully saturated rings. The smallest absolute Gasteiger partial charge is 0.258 e. The molecule has 132 valence electrons. The number of aryl methyl sites for hydroxylation is 4. The molecule has 3 rings (SSSR count). The van der Waals surface area contributed by atoms with Gasteiger partial charge in [-0.3, -0.25) is 4.79 Å². The molecular formula is C18H21N3O4. The second-order valence-corrected chi connectivity index (χ2v) is 5.84. The molecule has 0 saturated carbocycles.